The molecule has 0 radical (unpaired) electrons. The Morgan fingerprint density at radius 1 is 1.27 bits per heavy atom. The molecule has 1 aromatic carbocycles. The monoisotopic (exact) mass is 469 g/mol. The molecule has 1 amide bonds. The molecule has 3 heterocycles. The highest BCUT2D eigenvalue weighted by molar-refractivity contribution is 7.18. The number of rotatable bonds is 8. The van der Waals surface area contributed by atoms with E-state index in [1.807, 2.05) is 36.1 Å². The number of hydrogen-bond acceptors (Lipinski definition) is 8. The van der Waals surface area contributed by atoms with Crippen LogP contribution in [0.15, 0.2) is 24.3 Å². The summed E-state index contributed by atoms with van der Waals surface area (Å²) in [4.78, 5) is 29.3. The molecule has 9 heteroatoms. The van der Waals surface area contributed by atoms with E-state index in [1.54, 1.807) is 18.4 Å². The van der Waals surface area contributed by atoms with Crippen LogP contribution < -0.4 is 15.0 Å². The van der Waals surface area contributed by atoms with E-state index in [9.17, 15) is 4.79 Å². The number of benzene rings is 1. The van der Waals surface area contributed by atoms with Gasteiger partial charge in [0.25, 0.3) is 0 Å². The summed E-state index contributed by atoms with van der Waals surface area (Å²) in [5, 5.41) is 4.02. The molecule has 1 aliphatic heterocycles. The van der Waals surface area contributed by atoms with Gasteiger partial charge in [-0.1, -0.05) is 6.07 Å². The van der Waals surface area contributed by atoms with Gasteiger partial charge in [-0.05, 0) is 38.5 Å². The van der Waals surface area contributed by atoms with E-state index in [-0.39, 0.29) is 12.5 Å². The SMILES string of the molecule is CCN(CC(=O)Nc1cccc(OC)c1)c1nc(CN2CCOCC2)nc2sc(C)c(C)c12. The lowest BCUT2D eigenvalue weighted by Gasteiger charge is -2.27. The highest BCUT2D eigenvalue weighted by atomic mass is 32.1. The third-order valence-electron chi connectivity index (χ3n) is 5.89. The van der Waals surface area contributed by atoms with Gasteiger partial charge in [0.05, 0.1) is 38.8 Å². The molecule has 1 fully saturated rings. The number of nitrogens with zero attached hydrogens (tertiary/aromatic N) is 4. The van der Waals surface area contributed by atoms with Crippen LogP contribution in [0.3, 0.4) is 0 Å². The number of ether oxygens (including phenoxy) is 2. The van der Waals surface area contributed by atoms with Crippen molar-refractivity contribution >= 4 is 39.0 Å². The summed E-state index contributed by atoms with van der Waals surface area (Å²) in [6.45, 7) is 11.0. The highest BCUT2D eigenvalue weighted by Gasteiger charge is 2.22. The summed E-state index contributed by atoms with van der Waals surface area (Å²) in [5.74, 6) is 2.21. The van der Waals surface area contributed by atoms with Crippen molar-refractivity contribution in [3.63, 3.8) is 0 Å². The first-order chi connectivity index (χ1) is 16.0. The first-order valence-electron chi connectivity index (χ1n) is 11.2. The Kier molecular flexibility index (Phi) is 7.42. The number of fused-ring (bicyclic) bond motifs is 1. The maximum atomic E-state index is 12.9. The predicted molar refractivity (Wildman–Crippen MR) is 132 cm³/mol. The smallest absolute Gasteiger partial charge is 0.243 e. The molecule has 1 saturated heterocycles. The first-order valence-corrected chi connectivity index (χ1v) is 12.1. The lowest BCUT2D eigenvalue weighted by Crippen LogP contribution is -2.37. The number of methoxy groups -OCH3 is 1. The number of amides is 1. The third-order valence-corrected chi connectivity index (χ3v) is 6.99. The Morgan fingerprint density at radius 3 is 2.79 bits per heavy atom. The Balaban J connectivity index is 1.60. The van der Waals surface area contributed by atoms with E-state index in [1.165, 1.54) is 10.4 Å². The van der Waals surface area contributed by atoms with Gasteiger partial charge in [-0.3, -0.25) is 9.69 Å². The molecule has 3 aromatic rings. The lowest BCUT2D eigenvalue weighted by atomic mass is 10.2. The minimum absolute atomic E-state index is 0.101. The van der Waals surface area contributed by atoms with Gasteiger partial charge in [0.15, 0.2) is 0 Å². The lowest BCUT2D eigenvalue weighted by molar-refractivity contribution is -0.115. The highest BCUT2D eigenvalue weighted by Crippen LogP contribution is 2.35. The quantitative estimate of drug-likeness (QED) is 0.540. The molecule has 8 nitrogen and oxygen atoms in total. The van der Waals surface area contributed by atoms with Crippen molar-refractivity contribution in [2.45, 2.75) is 27.3 Å². The number of aryl methyl sites for hydroxylation is 2. The summed E-state index contributed by atoms with van der Waals surface area (Å²) < 4.78 is 10.7. The molecule has 33 heavy (non-hydrogen) atoms. The molecule has 4 rings (SSSR count). The number of carbonyl (C=O) groups is 1. The van der Waals surface area contributed by atoms with Gasteiger partial charge in [0.1, 0.15) is 22.2 Å². The topological polar surface area (TPSA) is 79.8 Å². The van der Waals surface area contributed by atoms with E-state index >= 15 is 0 Å². The Bertz CT molecular complexity index is 1130. The Hall–Kier alpha value is -2.75. The fraction of sp³-hybridized carbons (Fsp3) is 0.458. The molecule has 1 aliphatic rings. The van der Waals surface area contributed by atoms with E-state index in [2.05, 4.69) is 24.1 Å². The van der Waals surface area contributed by atoms with Crippen LogP contribution in [-0.4, -0.2) is 67.3 Å². The van der Waals surface area contributed by atoms with Gasteiger partial charge in [-0.2, -0.15) is 0 Å². The van der Waals surface area contributed by atoms with Crippen LogP contribution >= 0.6 is 11.3 Å². The minimum atomic E-state index is -0.101. The van der Waals surface area contributed by atoms with Crippen LogP contribution in [0.5, 0.6) is 5.75 Å². The van der Waals surface area contributed by atoms with Crippen molar-refractivity contribution < 1.29 is 14.3 Å². The van der Waals surface area contributed by atoms with Gasteiger partial charge in [0.2, 0.25) is 5.91 Å². The number of likely N-dealkylation sites (N-methyl/N-ethyl adjacent to an activating group) is 1. The molecular weight excluding hydrogens is 438 g/mol. The molecule has 0 unspecified atom stereocenters. The van der Waals surface area contributed by atoms with Gasteiger partial charge in [0, 0.05) is 36.3 Å². The van der Waals surface area contributed by atoms with Crippen LogP contribution in [-0.2, 0) is 16.1 Å². The molecule has 0 saturated carbocycles. The average molecular weight is 470 g/mol. The van der Waals surface area contributed by atoms with Crippen LogP contribution in [0.1, 0.15) is 23.2 Å². The van der Waals surface area contributed by atoms with E-state index < -0.39 is 0 Å². The summed E-state index contributed by atoms with van der Waals surface area (Å²) in [7, 11) is 1.61. The van der Waals surface area contributed by atoms with Gasteiger partial charge < -0.3 is 19.7 Å². The molecule has 0 aliphatic carbocycles. The maximum absolute atomic E-state index is 12.9. The largest absolute Gasteiger partial charge is 0.497 e. The standard InChI is InChI=1S/C24H31N5O3S/c1-5-29(15-21(30)25-18-7-6-8-19(13-18)31-4)23-22-16(2)17(3)33-24(22)27-20(26-23)14-28-9-11-32-12-10-28/h6-8,13H,5,9-12,14-15H2,1-4H3,(H,25,30). The number of thiophene rings is 1. The second-order valence-electron chi connectivity index (χ2n) is 8.11. The van der Waals surface area contributed by atoms with Crippen molar-refractivity contribution in [2.24, 2.45) is 0 Å². The Morgan fingerprint density at radius 2 is 2.06 bits per heavy atom. The molecular formula is C24H31N5O3S. The number of anilines is 2. The number of aromatic nitrogens is 2. The molecule has 0 atom stereocenters. The zero-order valence-electron chi connectivity index (χ0n) is 19.7. The molecule has 176 valence electrons. The van der Waals surface area contributed by atoms with Crippen molar-refractivity contribution in [3.05, 3.63) is 40.5 Å². The minimum Gasteiger partial charge on any atom is -0.497 e. The fourth-order valence-electron chi connectivity index (χ4n) is 3.94. The predicted octanol–water partition coefficient (Wildman–Crippen LogP) is 3.61. The molecule has 0 spiro atoms. The number of hydrogen-bond donors (Lipinski definition) is 1. The Labute approximate surface area is 198 Å². The van der Waals surface area contributed by atoms with Crippen molar-refractivity contribution in [1.82, 2.24) is 14.9 Å². The maximum Gasteiger partial charge on any atom is 0.243 e. The van der Waals surface area contributed by atoms with Crippen LogP contribution in [0.4, 0.5) is 11.5 Å². The van der Waals surface area contributed by atoms with Crippen LogP contribution in [0.25, 0.3) is 10.2 Å². The second-order valence-corrected chi connectivity index (χ2v) is 9.31. The molecule has 0 bridgehead atoms. The van der Waals surface area contributed by atoms with E-state index in [4.69, 9.17) is 19.4 Å². The average Bonchev–Trinajstić information content (AvgIpc) is 3.11. The zero-order valence-corrected chi connectivity index (χ0v) is 20.5. The molecule has 2 aromatic heterocycles. The second kappa shape index (κ2) is 10.5. The zero-order chi connectivity index (χ0) is 23.4. The van der Waals surface area contributed by atoms with Crippen molar-refractivity contribution in [3.8, 4) is 5.75 Å². The number of morpholine rings is 1. The van der Waals surface area contributed by atoms with Crippen molar-refractivity contribution in [2.75, 3.05) is 56.7 Å². The van der Waals surface area contributed by atoms with Gasteiger partial charge >= 0.3 is 0 Å². The summed E-state index contributed by atoms with van der Waals surface area (Å²) in [5.41, 5.74) is 1.88. The summed E-state index contributed by atoms with van der Waals surface area (Å²) in [6, 6.07) is 7.37. The van der Waals surface area contributed by atoms with Gasteiger partial charge in [-0.25, -0.2) is 9.97 Å². The van der Waals surface area contributed by atoms with E-state index in [0.29, 0.717) is 24.5 Å². The summed E-state index contributed by atoms with van der Waals surface area (Å²) in [6.07, 6.45) is 0. The summed E-state index contributed by atoms with van der Waals surface area (Å²) >= 11 is 1.69. The third kappa shape index (κ3) is 5.43. The number of nitrogens with one attached hydrogen (secondary N) is 1. The fourth-order valence-corrected chi connectivity index (χ4v) is 4.98. The van der Waals surface area contributed by atoms with Crippen LogP contribution in [0, 0.1) is 13.8 Å². The van der Waals surface area contributed by atoms with E-state index in [0.717, 1.165) is 48.2 Å². The molecule has 1 N–H and O–H groups in total. The van der Waals surface area contributed by atoms with Crippen molar-refractivity contribution in [1.29, 1.82) is 0 Å². The first kappa shape index (κ1) is 23.4. The normalized spacial score (nSPS) is 14.4. The van der Waals surface area contributed by atoms with Crippen LogP contribution in [0.2, 0.25) is 0 Å². The van der Waals surface area contributed by atoms with Gasteiger partial charge in [-0.15, -0.1) is 11.3 Å². The number of carbonyl (C=O) groups excluding carboxylic acids is 1.